The zero-order valence-electron chi connectivity index (χ0n) is 12.3. The third-order valence-corrected chi connectivity index (χ3v) is 4.62. The highest BCUT2D eigenvalue weighted by Crippen LogP contribution is 2.39. The number of aromatic nitrogens is 3. The number of amides is 1. The van der Waals surface area contributed by atoms with Crippen molar-refractivity contribution in [2.75, 3.05) is 0 Å². The average Bonchev–Trinajstić information content (AvgIpc) is 3.27. The second-order valence-electron chi connectivity index (χ2n) is 5.47. The third kappa shape index (κ3) is 3.69. The average molecular weight is 338 g/mol. The van der Waals surface area contributed by atoms with E-state index >= 15 is 0 Å². The lowest BCUT2D eigenvalue weighted by Crippen LogP contribution is -2.13. The van der Waals surface area contributed by atoms with Gasteiger partial charge in [-0.2, -0.15) is 0 Å². The van der Waals surface area contributed by atoms with Crippen molar-refractivity contribution >= 4 is 17.7 Å². The molecule has 0 spiro atoms. The molecule has 8 heteroatoms. The van der Waals surface area contributed by atoms with Crippen LogP contribution in [0.4, 0.5) is 8.78 Å². The van der Waals surface area contributed by atoms with Gasteiger partial charge in [0.2, 0.25) is 5.91 Å². The fourth-order valence-electron chi connectivity index (χ4n) is 2.31. The number of aryl methyl sites for hydroxylation is 1. The fraction of sp³-hybridized carbons (Fsp3) is 0.400. The van der Waals surface area contributed by atoms with Crippen molar-refractivity contribution < 1.29 is 13.6 Å². The Morgan fingerprint density at radius 1 is 1.35 bits per heavy atom. The van der Waals surface area contributed by atoms with Gasteiger partial charge in [-0.1, -0.05) is 23.9 Å². The predicted molar refractivity (Wildman–Crippen MR) is 81.7 cm³/mol. The van der Waals surface area contributed by atoms with E-state index in [1.54, 1.807) is 6.07 Å². The Morgan fingerprint density at radius 3 is 2.83 bits per heavy atom. The smallest absolute Gasteiger partial charge is 0.217 e. The predicted octanol–water partition coefficient (Wildman–Crippen LogP) is 2.60. The van der Waals surface area contributed by atoms with Gasteiger partial charge in [0.05, 0.1) is 0 Å². The van der Waals surface area contributed by atoms with Gasteiger partial charge >= 0.3 is 0 Å². The van der Waals surface area contributed by atoms with E-state index in [9.17, 15) is 13.6 Å². The maximum absolute atomic E-state index is 13.7. The number of thioether (sulfide) groups is 1. The van der Waals surface area contributed by atoms with Gasteiger partial charge in [-0.15, -0.1) is 10.2 Å². The summed E-state index contributed by atoms with van der Waals surface area (Å²) in [5, 5.41) is 8.91. The Balaban J connectivity index is 1.75. The highest BCUT2D eigenvalue weighted by atomic mass is 32.2. The van der Waals surface area contributed by atoms with Crippen molar-refractivity contribution in [3.05, 3.63) is 41.2 Å². The standard InChI is InChI=1S/C15H16F2N4OS/c16-11-3-1-2-9(14(11)17)8-23-15-20-19-13(7-6-12(18)22)21(15)10-4-5-10/h1-3,10H,4-8H2,(H2,18,22). The molecular weight excluding hydrogens is 322 g/mol. The molecule has 2 aromatic rings. The molecule has 1 amide bonds. The Labute approximate surface area is 136 Å². The van der Waals surface area contributed by atoms with Gasteiger partial charge in [-0.25, -0.2) is 8.78 Å². The molecule has 122 valence electrons. The minimum absolute atomic E-state index is 0.216. The molecule has 0 radical (unpaired) electrons. The van der Waals surface area contributed by atoms with Gasteiger partial charge in [-0.05, 0) is 18.9 Å². The molecule has 1 aliphatic carbocycles. The highest BCUT2D eigenvalue weighted by molar-refractivity contribution is 7.98. The lowest BCUT2D eigenvalue weighted by Gasteiger charge is -2.08. The zero-order chi connectivity index (χ0) is 16.4. The molecule has 1 fully saturated rings. The van der Waals surface area contributed by atoms with Crippen LogP contribution in [-0.2, 0) is 17.0 Å². The van der Waals surface area contributed by atoms with E-state index in [0.29, 0.717) is 29.0 Å². The van der Waals surface area contributed by atoms with Gasteiger partial charge < -0.3 is 10.3 Å². The largest absolute Gasteiger partial charge is 0.370 e. The summed E-state index contributed by atoms with van der Waals surface area (Å²) in [5.74, 6) is -1.08. The molecule has 1 saturated carbocycles. The van der Waals surface area contributed by atoms with Gasteiger partial charge in [0, 0.05) is 30.2 Å². The summed E-state index contributed by atoms with van der Waals surface area (Å²) < 4.78 is 28.9. The summed E-state index contributed by atoms with van der Waals surface area (Å²) >= 11 is 1.31. The number of primary amides is 1. The molecule has 1 aromatic heterocycles. The van der Waals surface area contributed by atoms with E-state index in [2.05, 4.69) is 10.2 Å². The quantitative estimate of drug-likeness (QED) is 0.788. The maximum atomic E-state index is 13.7. The van der Waals surface area contributed by atoms with E-state index < -0.39 is 11.6 Å². The van der Waals surface area contributed by atoms with Gasteiger partial charge in [0.1, 0.15) is 5.82 Å². The Hall–Kier alpha value is -1.96. The molecule has 1 heterocycles. The summed E-state index contributed by atoms with van der Waals surface area (Å²) in [4.78, 5) is 10.9. The first-order valence-corrected chi connectivity index (χ1v) is 8.32. The molecule has 5 nitrogen and oxygen atoms in total. The molecule has 23 heavy (non-hydrogen) atoms. The van der Waals surface area contributed by atoms with Crippen LogP contribution in [0.15, 0.2) is 23.4 Å². The number of benzene rings is 1. The molecule has 0 aliphatic heterocycles. The van der Waals surface area contributed by atoms with Crippen molar-refractivity contribution in [1.29, 1.82) is 0 Å². The van der Waals surface area contributed by atoms with Crippen LogP contribution in [0.2, 0.25) is 0 Å². The molecule has 0 atom stereocenters. The van der Waals surface area contributed by atoms with Crippen molar-refractivity contribution in [2.45, 2.75) is 42.6 Å². The summed E-state index contributed by atoms with van der Waals surface area (Å²) in [6.07, 6.45) is 2.72. The lowest BCUT2D eigenvalue weighted by molar-refractivity contribution is -0.118. The first-order chi connectivity index (χ1) is 11.1. The van der Waals surface area contributed by atoms with Crippen LogP contribution in [0, 0.1) is 11.6 Å². The SMILES string of the molecule is NC(=O)CCc1nnc(SCc2cccc(F)c2F)n1C1CC1. The monoisotopic (exact) mass is 338 g/mol. The Kier molecular flexibility index (Phi) is 4.61. The number of nitrogens with two attached hydrogens (primary N) is 1. The van der Waals surface area contributed by atoms with Crippen molar-refractivity contribution in [1.82, 2.24) is 14.8 Å². The number of rotatable bonds is 7. The number of hydrogen-bond acceptors (Lipinski definition) is 4. The summed E-state index contributed by atoms with van der Waals surface area (Å²) in [7, 11) is 0. The zero-order valence-corrected chi connectivity index (χ0v) is 13.2. The topological polar surface area (TPSA) is 73.8 Å². The van der Waals surface area contributed by atoms with Crippen molar-refractivity contribution in [2.24, 2.45) is 5.73 Å². The van der Waals surface area contributed by atoms with E-state index in [4.69, 9.17) is 5.73 Å². The Morgan fingerprint density at radius 2 is 2.13 bits per heavy atom. The van der Waals surface area contributed by atoms with Gasteiger partial charge in [0.15, 0.2) is 16.8 Å². The number of hydrogen-bond donors (Lipinski definition) is 1. The van der Waals surface area contributed by atoms with Crippen molar-refractivity contribution in [3.63, 3.8) is 0 Å². The summed E-state index contributed by atoms with van der Waals surface area (Å²) in [5.41, 5.74) is 5.47. The second kappa shape index (κ2) is 6.66. The van der Waals surface area contributed by atoms with E-state index in [-0.39, 0.29) is 18.1 Å². The summed E-state index contributed by atoms with van der Waals surface area (Å²) in [6, 6.07) is 4.46. The molecular formula is C15H16F2N4OS. The van der Waals surface area contributed by atoms with Crippen molar-refractivity contribution in [3.8, 4) is 0 Å². The molecule has 1 aliphatic rings. The summed E-state index contributed by atoms with van der Waals surface area (Å²) in [6.45, 7) is 0. The molecule has 0 saturated heterocycles. The Bertz CT molecular complexity index is 730. The van der Waals surface area contributed by atoms with Crippen LogP contribution in [0.25, 0.3) is 0 Å². The van der Waals surface area contributed by atoms with E-state index in [0.717, 1.165) is 18.9 Å². The van der Waals surface area contributed by atoms with Gasteiger partial charge in [-0.3, -0.25) is 4.79 Å². The minimum atomic E-state index is -0.853. The van der Waals surface area contributed by atoms with Crippen LogP contribution in [-0.4, -0.2) is 20.7 Å². The minimum Gasteiger partial charge on any atom is -0.370 e. The first-order valence-electron chi connectivity index (χ1n) is 7.34. The van der Waals surface area contributed by atoms with Crippen LogP contribution in [0.5, 0.6) is 0 Å². The normalized spacial score (nSPS) is 14.2. The number of halogens is 2. The van der Waals surface area contributed by atoms with Gasteiger partial charge in [0.25, 0.3) is 0 Å². The lowest BCUT2D eigenvalue weighted by atomic mass is 10.2. The molecule has 0 bridgehead atoms. The first kappa shape index (κ1) is 15.9. The van der Waals surface area contributed by atoms with Crippen LogP contribution in [0.1, 0.15) is 36.7 Å². The number of carbonyl (C=O) groups excluding carboxylic acids is 1. The maximum Gasteiger partial charge on any atom is 0.217 e. The second-order valence-corrected chi connectivity index (χ2v) is 6.41. The molecule has 3 rings (SSSR count). The highest BCUT2D eigenvalue weighted by Gasteiger charge is 2.29. The number of nitrogens with zero attached hydrogens (tertiary/aromatic N) is 3. The number of carbonyl (C=O) groups is 1. The van der Waals surface area contributed by atoms with E-state index in [1.165, 1.54) is 17.8 Å². The van der Waals surface area contributed by atoms with Crippen LogP contribution in [0.3, 0.4) is 0 Å². The molecule has 2 N–H and O–H groups in total. The van der Waals surface area contributed by atoms with Crippen LogP contribution >= 0.6 is 11.8 Å². The molecule has 0 unspecified atom stereocenters. The third-order valence-electron chi connectivity index (χ3n) is 3.63. The van der Waals surface area contributed by atoms with Crippen LogP contribution < -0.4 is 5.73 Å². The fourth-order valence-corrected chi connectivity index (χ4v) is 3.31. The van der Waals surface area contributed by atoms with E-state index in [1.807, 2.05) is 4.57 Å². The molecule has 1 aromatic carbocycles.